The van der Waals surface area contributed by atoms with Gasteiger partial charge in [-0.15, -0.1) is 0 Å². The Labute approximate surface area is 148 Å². The molecule has 1 aliphatic heterocycles. The van der Waals surface area contributed by atoms with Gasteiger partial charge >= 0.3 is 0 Å². The average Bonchev–Trinajstić information content (AvgIpc) is 3.08. The van der Waals surface area contributed by atoms with Crippen LogP contribution in [0.25, 0.3) is 0 Å². The lowest BCUT2D eigenvalue weighted by Crippen LogP contribution is -2.25. The minimum Gasteiger partial charge on any atom is -0.497 e. The smallest absolute Gasteiger partial charge is 0.271 e. The number of carbonyl (C=O) groups is 1. The minimum atomic E-state index is -0.115. The van der Waals surface area contributed by atoms with Gasteiger partial charge in [-0.3, -0.25) is 4.79 Å². The predicted octanol–water partition coefficient (Wildman–Crippen LogP) is 2.39. The fourth-order valence-corrected chi connectivity index (χ4v) is 3.23. The van der Waals surface area contributed by atoms with Crippen molar-refractivity contribution in [3.63, 3.8) is 0 Å². The molecule has 1 amide bonds. The molecule has 0 saturated carbocycles. The number of amides is 1. The van der Waals surface area contributed by atoms with Gasteiger partial charge in [0.15, 0.2) is 0 Å². The van der Waals surface area contributed by atoms with Crippen LogP contribution in [0.4, 0.5) is 0 Å². The van der Waals surface area contributed by atoms with E-state index < -0.39 is 0 Å². The summed E-state index contributed by atoms with van der Waals surface area (Å²) in [5, 5.41) is 2.89. The lowest BCUT2D eigenvalue weighted by molar-refractivity contribution is 0.0944. The van der Waals surface area contributed by atoms with Gasteiger partial charge in [0.2, 0.25) is 0 Å². The Kier molecular flexibility index (Phi) is 5.71. The molecule has 1 aromatic heterocycles. The van der Waals surface area contributed by atoms with Crippen LogP contribution in [-0.2, 0) is 17.7 Å². The van der Waals surface area contributed by atoms with Crippen molar-refractivity contribution in [3.8, 4) is 5.75 Å². The third kappa shape index (κ3) is 4.20. The number of imidazole rings is 1. The lowest BCUT2D eigenvalue weighted by atomic mass is 9.91. The molecule has 6 heteroatoms. The molecule has 0 aliphatic carbocycles. The molecule has 6 nitrogen and oxygen atoms in total. The molecule has 1 N–H and O–H groups in total. The number of nitrogens with zero attached hydrogens (tertiary/aromatic N) is 2. The van der Waals surface area contributed by atoms with Crippen LogP contribution in [0, 0.1) is 0 Å². The third-order valence-corrected chi connectivity index (χ3v) is 4.60. The molecule has 1 aromatic carbocycles. The first kappa shape index (κ1) is 17.5. The lowest BCUT2D eigenvalue weighted by Gasteiger charge is -2.24. The van der Waals surface area contributed by atoms with Crippen molar-refractivity contribution in [2.24, 2.45) is 0 Å². The van der Waals surface area contributed by atoms with E-state index in [9.17, 15) is 4.79 Å². The van der Waals surface area contributed by atoms with Crippen molar-refractivity contribution in [1.29, 1.82) is 0 Å². The highest BCUT2D eigenvalue weighted by Gasteiger charge is 2.23. The second kappa shape index (κ2) is 8.16. The predicted molar refractivity (Wildman–Crippen MR) is 95.1 cm³/mol. The standard InChI is InChI=1S/C19H25N3O3/c1-24-10-4-9-20-19(23)17-13-22-12-15(7-8-18(22)21-17)14-5-3-6-16(11-14)25-2/h3,5-6,11,13,15H,4,7-10,12H2,1-2H3,(H,20,23). The summed E-state index contributed by atoms with van der Waals surface area (Å²) in [4.78, 5) is 16.7. The summed E-state index contributed by atoms with van der Waals surface area (Å²) in [7, 11) is 3.34. The Hall–Kier alpha value is -2.34. The van der Waals surface area contributed by atoms with Gasteiger partial charge in [0.1, 0.15) is 17.3 Å². The van der Waals surface area contributed by atoms with E-state index in [-0.39, 0.29) is 5.91 Å². The Morgan fingerprint density at radius 3 is 3.08 bits per heavy atom. The van der Waals surface area contributed by atoms with E-state index in [0.717, 1.165) is 37.4 Å². The van der Waals surface area contributed by atoms with Crippen LogP contribution < -0.4 is 10.1 Å². The van der Waals surface area contributed by atoms with Crippen molar-refractivity contribution in [1.82, 2.24) is 14.9 Å². The molecule has 0 bridgehead atoms. The second-order valence-electron chi connectivity index (χ2n) is 6.31. The molecule has 0 spiro atoms. The largest absolute Gasteiger partial charge is 0.497 e. The second-order valence-corrected chi connectivity index (χ2v) is 6.31. The van der Waals surface area contributed by atoms with Gasteiger partial charge < -0.3 is 19.4 Å². The highest BCUT2D eigenvalue weighted by molar-refractivity contribution is 5.92. The SMILES string of the molecule is COCCCNC(=O)c1cn2c(n1)CCC(c1cccc(OC)c1)C2. The summed E-state index contributed by atoms with van der Waals surface area (Å²) in [5.41, 5.74) is 1.77. The van der Waals surface area contributed by atoms with Gasteiger partial charge in [-0.1, -0.05) is 12.1 Å². The molecule has 0 fully saturated rings. The quantitative estimate of drug-likeness (QED) is 0.784. The van der Waals surface area contributed by atoms with E-state index in [0.29, 0.717) is 24.8 Å². The first-order valence-electron chi connectivity index (χ1n) is 8.68. The Bertz CT molecular complexity index is 726. The van der Waals surface area contributed by atoms with E-state index in [2.05, 4.69) is 27.0 Å². The molecule has 2 heterocycles. The van der Waals surface area contributed by atoms with Gasteiger partial charge in [0, 0.05) is 45.3 Å². The summed E-state index contributed by atoms with van der Waals surface area (Å²) >= 11 is 0. The molecule has 1 unspecified atom stereocenters. The van der Waals surface area contributed by atoms with Crippen LogP contribution in [0.3, 0.4) is 0 Å². The number of fused-ring (bicyclic) bond motifs is 1. The van der Waals surface area contributed by atoms with Crippen molar-refractivity contribution in [2.75, 3.05) is 27.4 Å². The molecule has 1 atom stereocenters. The first-order chi connectivity index (χ1) is 12.2. The zero-order chi connectivity index (χ0) is 17.6. The summed E-state index contributed by atoms with van der Waals surface area (Å²) in [6, 6.07) is 8.21. The molecular formula is C19H25N3O3. The number of ether oxygens (including phenoxy) is 2. The van der Waals surface area contributed by atoms with Gasteiger partial charge in [0.25, 0.3) is 5.91 Å². The fourth-order valence-electron chi connectivity index (χ4n) is 3.23. The van der Waals surface area contributed by atoms with E-state index in [1.54, 1.807) is 14.2 Å². The summed E-state index contributed by atoms with van der Waals surface area (Å²) in [5.74, 6) is 2.16. The summed E-state index contributed by atoms with van der Waals surface area (Å²) in [6.07, 6.45) is 4.57. The maximum Gasteiger partial charge on any atom is 0.271 e. The number of aromatic nitrogens is 2. The molecule has 134 valence electrons. The highest BCUT2D eigenvalue weighted by atomic mass is 16.5. The first-order valence-corrected chi connectivity index (χ1v) is 8.68. The molecule has 0 radical (unpaired) electrons. The van der Waals surface area contributed by atoms with Crippen LogP contribution in [0.15, 0.2) is 30.5 Å². The number of aryl methyl sites for hydroxylation is 1. The minimum absolute atomic E-state index is 0.115. The topological polar surface area (TPSA) is 65.4 Å². The van der Waals surface area contributed by atoms with Gasteiger partial charge in [0.05, 0.1) is 7.11 Å². The Balaban J connectivity index is 1.65. The van der Waals surface area contributed by atoms with E-state index >= 15 is 0 Å². The number of benzene rings is 1. The maximum atomic E-state index is 12.2. The summed E-state index contributed by atoms with van der Waals surface area (Å²) in [6.45, 7) is 2.08. The third-order valence-electron chi connectivity index (χ3n) is 4.60. The Morgan fingerprint density at radius 2 is 2.28 bits per heavy atom. The average molecular weight is 343 g/mol. The zero-order valence-corrected chi connectivity index (χ0v) is 14.8. The summed E-state index contributed by atoms with van der Waals surface area (Å²) < 4.78 is 12.4. The number of hydrogen-bond donors (Lipinski definition) is 1. The van der Waals surface area contributed by atoms with E-state index in [4.69, 9.17) is 9.47 Å². The number of hydrogen-bond acceptors (Lipinski definition) is 4. The van der Waals surface area contributed by atoms with Crippen LogP contribution >= 0.6 is 0 Å². The van der Waals surface area contributed by atoms with Crippen LogP contribution in [0.1, 0.15) is 40.6 Å². The molecule has 3 rings (SSSR count). The zero-order valence-electron chi connectivity index (χ0n) is 14.8. The highest BCUT2D eigenvalue weighted by Crippen LogP contribution is 2.30. The normalized spacial score (nSPS) is 16.3. The molecule has 25 heavy (non-hydrogen) atoms. The van der Waals surface area contributed by atoms with Crippen LogP contribution in [0.2, 0.25) is 0 Å². The van der Waals surface area contributed by atoms with Crippen molar-refractivity contribution < 1.29 is 14.3 Å². The van der Waals surface area contributed by atoms with Crippen LogP contribution in [-0.4, -0.2) is 42.8 Å². The van der Waals surface area contributed by atoms with Crippen molar-refractivity contribution >= 4 is 5.91 Å². The fraction of sp³-hybridized carbons (Fsp3) is 0.474. The monoisotopic (exact) mass is 343 g/mol. The molecule has 1 aliphatic rings. The molecule has 0 saturated heterocycles. The van der Waals surface area contributed by atoms with Crippen molar-refractivity contribution in [2.45, 2.75) is 31.7 Å². The molecular weight excluding hydrogens is 318 g/mol. The number of methoxy groups -OCH3 is 2. The number of nitrogens with one attached hydrogen (secondary N) is 1. The maximum absolute atomic E-state index is 12.2. The van der Waals surface area contributed by atoms with Gasteiger partial charge in [-0.25, -0.2) is 4.98 Å². The Morgan fingerprint density at radius 1 is 1.40 bits per heavy atom. The van der Waals surface area contributed by atoms with Crippen molar-refractivity contribution in [3.05, 3.63) is 47.5 Å². The van der Waals surface area contributed by atoms with E-state index in [1.807, 2.05) is 18.3 Å². The van der Waals surface area contributed by atoms with Gasteiger partial charge in [-0.2, -0.15) is 0 Å². The van der Waals surface area contributed by atoms with E-state index in [1.165, 1.54) is 5.56 Å². The molecule has 2 aromatic rings. The number of carbonyl (C=O) groups excluding carboxylic acids is 1. The van der Waals surface area contributed by atoms with Gasteiger partial charge in [-0.05, 0) is 30.5 Å². The van der Waals surface area contributed by atoms with Crippen LogP contribution in [0.5, 0.6) is 5.75 Å². The number of rotatable bonds is 7.